The van der Waals surface area contributed by atoms with Crippen LogP contribution < -0.4 is 5.32 Å². The first kappa shape index (κ1) is 12.0. The topological polar surface area (TPSA) is 15.3 Å². The highest BCUT2D eigenvalue weighted by Crippen LogP contribution is 2.10. The van der Waals surface area contributed by atoms with Gasteiger partial charge in [-0.2, -0.15) is 0 Å². The third-order valence-corrected chi connectivity index (χ3v) is 3.19. The summed E-state index contributed by atoms with van der Waals surface area (Å²) in [6.07, 6.45) is 6.82. The molecule has 1 unspecified atom stereocenters. The SMILES string of the molecule is CCCN(CC)CCC1CCCCN1. The summed E-state index contributed by atoms with van der Waals surface area (Å²) in [5.41, 5.74) is 0. The van der Waals surface area contributed by atoms with Gasteiger partial charge < -0.3 is 10.2 Å². The van der Waals surface area contributed by atoms with Gasteiger partial charge in [0.1, 0.15) is 0 Å². The van der Waals surface area contributed by atoms with Crippen molar-refractivity contribution in [2.24, 2.45) is 0 Å². The number of hydrogen-bond donors (Lipinski definition) is 1. The van der Waals surface area contributed by atoms with Crippen LogP contribution in [0.15, 0.2) is 0 Å². The Bertz CT molecular complexity index is 126. The second-order valence-corrected chi connectivity index (χ2v) is 4.37. The van der Waals surface area contributed by atoms with Gasteiger partial charge in [-0.25, -0.2) is 0 Å². The van der Waals surface area contributed by atoms with Crippen LogP contribution in [0.5, 0.6) is 0 Å². The van der Waals surface area contributed by atoms with Crippen LogP contribution >= 0.6 is 0 Å². The molecular formula is C12H26N2. The van der Waals surface area contributed by atoms with E-state index in [1.54, 1.807) is 0 Å². The Balaban J connectivity index is 2.10. The predicted molar refractivity (Wildman–Crippen MR) is 62.7 cm³/mol. The van der Waals surface area contributed by atoms with Crippen LogP contribution in [0.2, 0.25) is 0 Å². The summed E-state index contributed by atoms with van der Waals surface area (Å²) in [5.74, 6) is 0. The second kappa shape index (κ2) is 7.24. The summed E-state index contributed by atoms with van der Waals surface area (Å²) in [6.45, 7) is 9.53. The maximum absolute atomic E-state index is 3.61. The number of nitrogens with zero attached hydrogens (tertiary/aromatic N) is 1. The average Bonchev–Trinajstić information content (AvgIpc) is 2.25. The van der Waals surface area contributed by atoms with E-state index in [0.717, 1.165) is 6.04 Å². The van der Waals surface area contributed by atoms with Gasteiger partial charge >= 0.3 is 0 Å². The monoisotopic (exact) mass is 198 g/mol. The van der Waals surface area contributed by atoms with Crippen LogP contribution in [0.4, 0.5) is 0 Å². The maximum Gasteiger partial charge on any atom is 0.00792 e. The Labute approximate surface area is 89.1 Å². The number of hydrogen-bond acceptors (Lipinski definition) is 2. The van der Waals surface area contributed by atoms with E-state index in [1.165, 1.54) is 58.3 Å². The minimum atomic E-state index is 0.801. The van der Waals surface area contributed by atoms with Crippen LogP contribution in [0.3, 0.4) is 0 Å². The van der Waals surface area contributed by atoms with Gasteiger partial charge in [0.2, 0.25) is 0 Å². The Morgan fingerprint density at radius 3 is 2.64 bits per heavy atom. The third-order valence-electron chi connectivity index (χ3n) is 3.19. The van der Waals surface area contributed by atoms with Crippen molar-refractivity contribution in [3.63, 3.8) is 0 Å². The van der Waals surface area contributed by atoms with E-state index in [9.17, 15) is 0 Å². The zero-order chi connectivity index (χ0) is 10.2. The summed E-state index contributed by atoms with van der Waals surface area (Å²) in [4.78, 5) is 2.57. The minimum Gasteiger partial charge on any atom is -0.314 e. The van der Waals surface area contributed by atoms with Crippen molar-refractivity contribution in [2.45, 2.75) is 52.0 Å². The predicted octanol–water partition coefficient (Wildman–Crippen LogP) is 2.25. The molecule has 0 radical (unpaired) electrons. The summed E-state index contributed by atoms with van der Waals surface area (Å²) in [6, 6.07) is 0.801. The number of rotatable bonds is 6. The van der Waals surface area contributed by atoms with Gasteiger partial charge in [-0.1, -0.05) is 20.3 Å². The summed E-state index contributed by atoms with van der Waals surface area (Å²) in [7, 11) is 0. The Hall–Kier alpha value is -0.0800. The van der Waals surface area contributed by atoms with Crippen LogP contribution in [-0.4, -0.2) is 37.1 Å². The van der Waals surface area contributed by atoms with Crippen LogP contribution in [0.25, 0.3) is 0 Å². The summed E-state index contributed by atoms with van der Waals surface area (Å²) >= 11 is 0. The van der Waals surface area contributed by atoms with Crippen molar-refractivity contribution in [2.75, 3.05) is 26.2 Å². The number of nitrogens with one attached hydrogen (secondary N) is 1. The Kier molecular flexibility index (Phi) is 6.20. The van der Waals surface area contributed by atoms with Gasteiger partial charge in [-0.05, 0) is 51.9 Å². The molecule has 1 N–H and O–H groups in total. The van der Waals surface area contributed by atoms with E-state index in [0.29, 0.717) is 0 Å². The molecule has 84 valence electrons. The fourth-order valence-corrected chi connectivity index (χ4v) is 2.25. The lowest BCUT2D eigenvalue weighted by molar-refractivity contribution is 0.257. The molecule has 0 aliphatic carbocycles. The second-order valence-electron chi connectivity index (χ2n) is 4.37. The molecule has 1 aliphatic heterocycles. The first-order valence-corrected chi connectivity index (χ1v) is 6.32. The van der Waals surface area contributed by atoms with Crippen LogP contribution in [0, 0.1) is 0 Å². The molecule has 2 nitrogen and oxygen atoms in total. The van der Waals surface area contributed by atoms with Gasteiger partial charge in [0.15, 0.2) is 0 Å². The lowest BCUT2D eigenvalue weighted by Crippen LogP contribution is -2.37. The van der Waals surface area contributed by atoms with E-state index >= 15 is 0 Å². The molecular weight excluding hydrogens is 172 g/mol. The van der Waals surface area contributed by atoms with Crippen molar-refractivity contribution in [3.8, 4) is 0 Å². The van der Waals surface area contributed by atoms with Crippen LogP contribution in [-0.2, 0) is 0 Å². The molecule has 2 heteroatoms. The zero-order valence-electron chi connectivity index (χ0n) is 9.89. The highest BCUT2D eigenvalue weighted by molar-refractivity contribution is 4.73. The van der Waals surface area contributed by atoms with E-state index in [1.807, 2.05) is 0 Å². The summed E-state index contributed by atoms with van der Waals surface area (Å²) in [5, 5.41) is 3.61. The molecule has 0 saturated carbocycles. The molecule has 0 aromatic carbocycles. The van der Waals surface area contributed by atoms with Gasteiger partial charge in [0.05, 0.1) is 0 Å². The number of piperidine rings is 1. The maximum atomic E-state index is 3.61. The Morgan fingerprint density at radius 1 is 1.21 bits per heavy atom. The van der Waals surface area contributed by atoms with Crippen LogP contribution in [0.1, 0.15) is 46.0 Å². The molecule has 1 saturated heterocycles. The molecule has 14 heavy (non-hydrogen) atoms. The van der Waals surface area contributed by atoms with Gasteiger partial charge in [-0.15, -0.1) is 0 Å². The van der Waals surface area contributed by atoms with Gasteiger partial charge in [0, 0.05) is 6.04 Å². The molecule has 0 aromatic heterocycles. The van der Waals surface area contributed by atoms with Crippen molar-refractivity contribution < 1.29 is 0 Å². The molecule has 1 heterocycles. The molecule has 0 amide bonds. The van der Waals surface area contributed by atoms with Crippen molar-refractivity contribution >= 4 is 0 Å². The molecule has 0 bridgehead atoms. The fourth-order valence-electron chi connectivity index (χ4n) is 2.25. The van der Waals surface area contributed by atoms with E-state index in [2.05, 4.69) is 24.1 Å². The zero-order valence-corrected chi connectivity index (χ0v) is 9.89. The van der Waals surface area contributed by atoms with E-state index < -0.39 is 0 Å². The molecule has 0 spiro atoms. The molecule has 1 rings (SSSR count). The first-order chi connectivity index (χ1) is 6.86. The van der Waals surface area contributed by atoms with Crippen molar-refractivity contribution in [1.82, 2.24) is 10.2 Å². The smallest absolute Gasteiger partial charge is 0.00792 e. The lowest BCUT2D eigenvalue weighted by atomic mass is 10.0. The van der Waals surface area contributed by atoms with Gasteiger partial charge in [0.25, 0.3) is 0 Å². The molecule has 0 aromatic rings. The standard InChI is InChI=1S/C12H26N2/c1-3-10-14(4-2)11-8-12-7-5-6-9-13-12/h12-13H,3-11H2,1-2H3. The fraction of sp³-hybridized carbons (Fsp3) is 1.00. The minimum absolute atomic E-state index is 0.801. The normalized spacial score (nSPS) is 22.9. The molecule has 1 atom stereocenters. The average molecular weight is 198 g/mol. The van der Waals surface area contributed by atoms with Crippen molar-refractivity contribution in [1.29, 1.82) is 0 Å². The largest absolute Gasteiger partial charge is 0.314 e. The highest BCUT2D eigenvalue weighted by Gasteiger charge is 2.13. The molecule has 1 aliphatic rings. The van der Waals surface area contributed by atoms with Gasteiger partial charge in [-0.3, -0.25) is 0 Å². The first-order valence-electron chi connectivity index (χ1n) is 6.32. The molecule has 1 fully saturated rings. The third kappa shape index (κ3) is 4.43. The lowest BCUT2D eigenvalue weighted by Gasteiger charge is -2.27. The quantitative estimate of drug-likeness (QED) is 0.704. The van der Waals surface area contributed by atoms with E-state index in [4.69, 9.17) is 0 Å². The van der Waals surface area contributed by atoms with E-state index in [-0.39, 0.29) is 0 Å². The highest BCUT2D eigenvalue weighted by atomic mass is 15.1. The Morgan fingerprint density at radius 2 is 2.07 bits per heavy atom. The summed E-state index contributed by atoms with van der Waals surface area (Å²) < 4.78 is 0. The van der Waals surface area contributed by atoms with Crippen molar-refractivity contribution in [3.05, 3.63) is 0 Å².